The van der Waals surface area contributed by atoms with Gasteiger partial charge in [0.1, 0.15) is 5.69 Å². The number of carbonyl (C=O) groups excluding carboxylic acids is 1. The van der Waals surface area contributed by atoms with E-state index in [2.05, 4.69) is 31.5 Å². The van der Waals surface area contributed by atoms with Crippen LogP contribution in [0.1, 0.15) is 27.3 Å². The Morgan fingerprint density at radius 3 is 2.93 bits per heavy atom. The number of hydrogen-bond acceptors (Lipinski definition) is 5. The molecule has 0 saturated carbocycles. The van der Waals surface area contributed by atoms with Gasteiger partial charge in [-0.15, -0.1) is 11.3 Å². The molecule has 0 aliphatic rings. The molecule has 1 aromatic carbocycles. The molecule has 0 aliphatic carbocycles. The van der Waals surface area contributed by atoms with Crippen LogP contribution < -0.4 is 5.32 Å². The van der Waals surface area contributed by atoms with Crippen LogP contribution in [-0.4, -0.2) is 26.1 Å². The quantitative estimate of drug-likeness (QED) is 0.458. The molecule has 0 saturated heterocycles. The average molecular weight is 399 g/mol. The first-order valence-electron chi connectivity index (χ1n) is 9.20. The zero-order valence-corrected chi connectivity index (χ0v) is 16.5. The van der Waals surface area contributed by atoms with E-state index < -0.39 is 0 Å². The normalized spacial score (nSPS) is 11.2. The smallest absolute Gasteiger partial charge is 0.275 e. The van der Waals surface area contributed by atoms with Gasteiger partial charge in [-0.05, 0) is 53.8 Å². The zero-order chi connectivity index (χ0) is 19.8. The van der Waals surface area contributed by atoms with Gasteiger partial charge in [0.05, 0.1) is 15.7 Å². The highest BCUT2D eigenvalue weighted by Crippen LogP contribution is 2.27. The summed E-state index contributed by atoms with van der Waals surface area (Å²) >= 11 is 1.63. The number of aromatic amines is 1. The van der Waals surface area contributed by atoms with Crippen LogP contribution in [0.15, 0.2) is 60.1 Å². The lowest BCUT2D eigenvalue weighted by atomic mass is 10.1. The molecule has 0 fully saturated rings. The molecule has 1 amide bonds. The Bertz CT molecular complexity index is 1340. The van der Waals surface area contributed by atoms with Gasteiger partial charge in [-0.1, -0.05) is 18.2 Å². The third-order valence-electron chi connectivity index (χ3n) is 4.79. The van der Waals surface area contributed by atoms with E-state index in [9.17, 15) is 4.79 Å². The maximum Gasteiger partial charge on any atom is 0.275 e. The fourth-order valence-corrected chi connectivity index (χ4v) is 4.17. The molecule has 142 valence electrons. The van der Waals surface area contributed by atoms with Crippen molar-refractivity contribution in [2.24, 2.45) is 0 Å². The third kappa shape index (κ3) is 3.36. The monoisotopic (exact) mass is 399 g/mol. The summed E-state index contributed by atoms with van der Waals surface area (Å²) in [7, 11) is 0. The number of rotatable bonds is 4. The minimum Gasteiger partial charge on any atom is -0.303 e. The van der Waals surface area contributed by atoms with Gasteiger partial charge in [0.2, 0.25) is 0 Å². The predicted octanol–water partition coefficient (Wildman–Crippen LogP) is 4.72. The summed E-state index contributed by atoms with van der Waals surface area (Å²) in [5.74, 6) is 0.223. The molecular formula is C22H17N5OS. The summed E-state index contributed by atoms with van der Waals surface area (Å²) in [6.45, 7) is 1.97. The van der Waals surface area contributed by atoms with Crippen LogP contribution in [-0.2, 0) is 6.42 Å². The molecule has 29 heavy (non-hydrogen) atoms. The number of aryl methyl sites for hydroxylation is 1. The number of fused-ring (bicyclic) bond motifs is 2. The van der Waals surface area contributed by atoms with Gasteiger partial charge in [0.25, 0.3) is 5.91 Å². The summed E-state index contributed by atoms with van der Waals surface area (Å²) < 4.78 is 1.09. The van der Waals surface area contributed by atoms with Crippen molar-refractivity contribution in [3.05, 3.63) is 82.6 Å². The van der Waals surface area contributed by atoms with Gasteiger partial charge < -0.3 is 5.32 Å². The second-order valence-corrected chi connectivity index (χ2v) is 7.77. The average Bonchev–Trinajstić information content (AvgIpc) is 3.37. The number of hydrogen-bond donors (Lipinski definition) is 2. The van der Waals surface area contributed by atoms with Gasteiger partial charge in [-0.25, -0.2) is 4.98 Å². The lowest BCUT2D eigenvalue weighted by Gasteiger charge is -2.08. The van der Waals surface area contributed by atoms with Crippen molar-refractivity contribution in [1.82, 2.24) is 20.2 Å². The molecule has 7 heteroatoms. The molecular weight excluding hydrogens is 382 g/mol. The van der Waals surface area contributed by atoms with Crippen molar-refractivity contribution in [3.8, 4) is 0 Å². The van der Waals surface area contributed by atoms with Gasteiger partial charge in [-0.3, -0.25) is 14.9 Å². The number of benzene rings is 1. The van der Waals surface area contributed by atoms with E-state index in [-0.39, 0.29) is 5.91 Å². The largest absolute Gasteiger partial charge is 0.303 e. The van der Waals surface area contributed by atoms with Crippen molar-refractivity contribution in [3.63, 3.8) is 0 Å². The highest BCUT2D eigenvalue weighted by molar-refractivity contribution is 7.17. The number of amides is 1. The number of nitrogens with zero attached hydrogens (tertiary/aromatic N) is 3. The number of carbonyl (C=O) groups is 1. The Labute approximate surface area is 170 Å². The highest BCUT2D eigenvalue weighted by Gasteiger charge is 2.16. The van der Waals surface area contributed by atoms with Gasteiger partial charge in [-0.2, -0.15) is 5.10 Å². The van der Waals surface area contributed by atoms with Crippen molar-refractivity contribution in [1.29, 1.82) is 0 Å². The molecule has 2 N–H and O–H groups in total. The standard InChI is InChI=1S/C22H17N5OS/c1-13-6-7-14(12-23-13)10-15-11-19(24-18-8-9-29-20(15)18)22(28)25-21-16-4-2-3-5-17(16)26-27-21/h2-9,11-12H,10H2,1H3,(H2,25,26,27,28). The van der Waals surface area contributed by atoms with Crippen LogP contribution in [0.25, 0.3) is 21.1 Å². The maximum absolute atomic E-state index is 12.9. The third-order valence-corrected chi connectivity index (χ3v) is 5.77. The Morgan fingerprint density at radius 1 is 1.17 bits per heavy atom. The SMILES string of the molecule is Cc1ccc(Cc2cc(C(=O)Nc3n[nH]c4ccccc34)nc3ccsc23)cn1. The molecule has 0 radical (unpaired) electrons. The number of H-pyrrole nitrogens is 1. The molecule has 6 nitrogen and oxygen atoms in total. The van der Waals surface area contributed by atoms with Crippen LogP contribution in [0.2, 0.25) is 0 Å². The maximum atomic E-state index is 12.9. The fourth-order valence-electron chi connectivity index (χ4n) is 3.32. The number of anilines is 1. The molecule has 0 bridgehead atoms. The van der Waals surface area contributed by atoms with Gasteiger partial charge in [0, 0.05) is 23.7 Å². The van der Waals surface area contributed by atoms with E-state index in [1.165, 1.54) is 0 Å². The van der Waals surface area contributed by atoms with Crippen LogP contribution >= 0.6 is 11.3 Å². The van der Waals surface area contributed by atoms with Crippen LogP contribution in [0, 0.1) is 6.92 Å². The first kappa shape index (κ1) is 17.5. The van der Waals surface area contributed by atoms with Crippen molar-refractivity contribution in [2.45, 2.75) is 13.3 Å². The molecule has 0 spiro atoms. The first-order valence-corrected chi connectivity index (χ1v) is 10.1. The minimum absolute atomic E-state index is 0.279. The van der Waals surface area contributed by atoms with Crippen LogP contribution in [0.3, 0.4) is 0 Å². The number of pyridine rings is 2. The number of para-hydroxylation sites is 1. The van der Waals surface area contributed by atoms with E-state index in [0.717, 1.165) is 37.9 Å². The fraction of sp³-hybridized carbons (Fsp3) is 0.0909. The molecule has 5 aromatic rings. The Morgan fingerprint density at radius 2 is 2.07 bits per heavy atom. The molecule has 4 heterocycles. The predicted molar refractivity (Wildman–Crippen MR) is 115 cm³/mol. The van der Waals surface area contributed by atoms with E-state index in [4.69, 9.17) is 0 Å². The zero-order valence-electron chi connectivity index (χ0n) is 15.6. The van der Waals surface area contributed by atoms with Crippen LogP contribution in [0.5, 0.6) is 0 Å². The second-order valence-electron chi connectivity index (χ2n) is 6.86. The molecule has 5 rings (SSSR count). The summed E-state index contributed by atoms with van der Waals surface area (Å²) in [5, 5.41) is 12.9. The van der Waals surface area contributed by atoms with E-state index >= 15 is 0 Å². The lowest BCUT2D eigenvalue weighted by Crippen LogP contribution is -2.14. The van der Waals surface area contributed by atoms with E-state index in [1.807, 2.05) is 61.0 Å². The van der Waals surface area contributed by atoms with Crippen LogP contribution in [0.4, 0.5) is 5.82 Å². The number of nitrogens with one attached hydrogen (secondary N) is 2. The molecule has 4 aromatic heterocycles. The Balaban J connectivity index is 1.49. The summed E-state index contributed by atoms with van der Waals surface area (Å²) in [6, 6.07) is 15.5. The van der Waals surface area contributed by atoms with Crippen molar-refractivity contribution < 1.29 is 4.79 Å². The molecule has 0 aliphatic heterocycles. The Hall–Kier alpha value is -3.58. The van der Waals surface area contributed by atoms with Crippen molar-refractivity contribution >= 4 is 44.2 Å². The summed E-state index contributed by atoms with van der Waals surface area (Å²) in [5.41, 5.74) is 5.21. The van der Waals surface area contributed by atoms with E-state index in [0.29, 0.717) is 17.9 Å². The Kier molecular flexibility index (Phi) is 4.29. The molecule has 0 unspecified atom stereocenters. The lowest BCUT2D eigenvalue weighted by molar-refractivity contribution is 0.102. The first-order chi connectivity index (χ1) is 14.2. The van der Waals surface area contributed by atoms with E-state index in [1.54, 1.807) is 11.3 Å². The van der Waals surface area contributed by atoms with Crippen molar-refractivity contribution in [2.75, 3.05) is 5.32 Å². The topological polar surface area (TPSA) is 83.6 Å². The highest BCUT2D eigenvalue weighted by atomic mass is 32.1. The summed E-state index contributed by atoms with van der Waals surface area (Å²) in [6.07, 6.45) is 2.57. The summed E-state index contributed by atoms with van der Waals surface area (Å²) in [4.78, 5) is 21.9. The number of aromatic nitrogens is 4. The molecule has 0 atom stereocenters. The van der Waals surface area contributed by atoms with Gasteiger partial charge in [0.15, 0.2) is 5.82 Å². The minimum atomic E-state index is -0.279. The second kappa shape index (κ2) is 7.10. The number of thiophene rings is 1. The van der Waals surface area contributed by atoms with Gasteiger partial charge >= 0.3 is 0 Å².